The van der Waals surface area contributed by atoms with Gasteiger partial charge >= 0.3 is 0 Å². The number of aromatic nitrogens is 3. The second-order valence-electron chi connectivity index (χ2n) is 5.56. The minimum absolute atomic E-state index is 0.218. The summed E-state index contributed by atoms with van der Waals surface area (Å²) in [7, 11) is 0. The highest BCUT2D eigenvalue weighted by Crippen LogP contribution is 2.25. The smallest absolute Gasteiger partial charge is 0.185 e. The van der Waals surface area contributed by atoms with E-state index in [4.69, 9.17) is 18.0 Å². The van der Waals surface area contributed by atoms with Gasteiger partial charge in [-0.3, -0.25) is 0 Å². The summed E-state index contributed by atoms with van der Waals surface area (Å²) >= 11 is 5.17. The Morgan fingerprint density at radius 1 is 1.00 bits per heavy atom. The molecule has 6 heteroatoms. The molecule has 0 unspecified atom stereocenters. The molecule has 0 amide bonds. The second kappa shape index (κ2) is 6.07. The third-order valence-corrected chi connectivity index (χ3v) is 4.14. The molecule has 2 aromatic heterocycles. The van der Waals surface area contributed by atoms with Crippen LogP contribution in [0.4, 0.5) is 4.39 Å². The van der Waals surface area contributed by atoms with Crippen LogP contribution in [0.15, 0.2) is 66.9 Å². The molecule has 122 valence electrons. The lowest BCUT2D eigenvalue weighted by Gasteiger charge is -2.06. The van der Waals surface area contributed by atoms with Gasteiger partial charge in [-0.25, -0.2) is 13.9 Å². The summed E-state index contributed by atoms with van der Waals surface area (Å²) < 4.78 is 15.7. The van der Waals surface area contributed by atoms with Gasteiger partial charge in [-0.15, -0.1) is 5.10 Å². The largest absolute Gasteiger partial charge is 0.389 e. The number of hydrogen-bond acceptors (Lipinski definition) is 3. The van der Waals surface area contributed by atoms with Crippen LogP contribution < -0.4 is 5.73 Å². The molecule has 0 atom stereocenters. The Labute approximate surface area is 148 Å². The first-order valence-corrected chi connectivity index (χ1v) is 8.05. The van der Waals surface area contributed by atoms with Gasteiger partial charge in [-0.05, 0) is 23.8 Å². The molecule has 0 aliphatic heterocycles. The van der Waals surface area contributed by atoms with Gasteiger partial charge in [0, 0.05) is 11.8 Å². The van der Waals surface area contributed by atoms with Gasteiger partial charge in [-0.1, -0.05) is 54.7 Å². The number of hydrogen-bond donors (Lipinski definition) is 1. The monoisotopic (exact) mass is 348 g/mol. The average molecular weight is 348 g/mol. The number of nitrogens with zero attached hydrogens (tertiary/aromatic N) is 3. The first-order valence-electron chi connectivity index (χ1n) is 7.64. The molecule has 2 heterocycles. The van der Waals surface area contributed by atoms with Gasteiger partial charge in [-0.2, -0.15) is 0 Å². The van der Waals surface area contributed by atoms with E-state index in [1.165, 1.54) is 6.07 Å². The fourth-order valence-electron chi connectivity index (χ4n) is 2.71. The van der Waals surface area contributed by atoms with Crippen molar-refractivity contribution in [3.8, 4) is 22.5 Å². The zero-order valence-corrected chi connectivity index (χ0v) is 13.9. The van der Waals surface area contributed by atoms with E-state index < -0.39 is 0 Å². The van der Waals surface area contributed by atoms with Crippen molar-refractivity contribution in [3.05, 3.63) is 78.2 Å². The van der Waals surface area contributed by atoms with Crippen molar-refractivity contribution in [3.63, 3.8) is 0 Å². The highest BCUT2D eigenvalue weighted by molar-refractivity contribution is 7.80. The molecule has 0 aliphatic rings. The summed E-state index contributed by atoms with van der Waals surface area (Å²) in [4.78, 5) is 4.66. The van der Waals surface area contributed by atoms with E-state index in [2.05, 4.69) is 10.1 Å². The molecule has 0 aliphatic carbocycles. The maximum Gasteiger partial charge on any atom is 0.185 e. The molecule has 4 aromatic rings. The minimum atomic E-state index is -0.376. The average Bonchev–Trinajstić information content (AvgIpc) is 3.05. The zero-order chi connectivity index (χ0) is 17.4. The van der Waals surface area contributed by atoms with Crippen LogP contribution in [0.3, 0.4) is 0 Å². The second-order valence-corrected chi connectivity index (χ2v) is 6.00. The van der Waals surface area contributed by atoms with E-state index in [0.717, 1.165) is 11.1 Å². The lowest BCUT2D eigenvalue weighted by atomic mass is 10.1. The Morgan fingerprint density at radius 2 is 1.72 bits per heavy atom. The highest BCUT2D eigenvalue weighted by atomic mass is 32.1. The van der Waals surface area contributed by atoms with Crippen LogP contribution in [-0.2, 0) is 0 Å². The van der Waals surface area contributed by atoms with E-state index in [1.54, 1.807) is 22.7 Å². The number of halogens is 1. The van der Waals surface area contributed by atoms with Crippen LogP contribution in [0.2, 0.25) is 0 Å². The third-order valence-electron chi connectivity index (χ3n) is 3.92. The van der Waals surface area contributed by atoms with Crippen molar-refractivity contribution in [2.45, 2.75) is 0 Å². The molecular weight excluding hydrogens is 335 g/mol. The molecule has 0 spiro atoms. The first-order chi connectivity index (χ1) is 12.1. The molecule has 0 bridgehead atoms. The molecule has 0 radical (unpaired) electrons. The van der Waals surface area contributed by atoms with Crippen LogP contribution in [0.1, 0.15) is 5.56 Å². The Morgan fingerprint density at radius 3 is 2.44 bits per heavy atom. The SMILES string of the molecule is NC(=S)c1cc(-c2ccccc2)cn2nc(-c3ccccc3F)nc12. The minimum Gasteiger partial charge on any atom is -0.389 e. The molecule has 0 fully saturated rings. The van der Waals surface area contributed by atoms with Crippen molar-refractivity contribution < 1.29 is 4.39 Å². The summed E-state index contributed by atoms with van der Waals surface area (Å²) in [5, 5.41) is 4.42. The van der Waals surface area contributed by atoms with Crippen LogP contribution in [0.25, 0.3) is 28.2 Å². The fourth-order valence-corrected chi connectivity index (χ4v) is 2.86. The van der Waals surface area contributed by atoms with Gasteiger partial charge < -0.3 is 5.73 Å². The maximum atomic E-state index is 14.1. The molecule has 4 nitrogen and oxygen atoms in total. The number of fused-ring (bicyclic) bond motifs is 1. The summed E-state index contributed by atoms with van der Waals surface area (Å²) in [6, 6.07) is 18.1. The highest BCUT2D eigenvalue weighted by Gasteiger charge is 2.15. The van der Waals surface area contributed by atoms with E-state index >= 15 is 0 Å². The van der Waals surface area contributed by atoms with Crippen molar-refractivity contribution in [2.75, 3.05) is 0 Å². The van der Waals surface area contributed by atoms with Crippen molar-refractivity contribution >= 4 is 22.9 Å². The Balaban J connectivity index is 1.96. The van der Waals surface area contributed by atoms with E-state index in [9.17, 15) is 4.39 Å². The Bertz CT molecular complexity index is 1090. The standard InChI is InChI=1S/C19H13FN4S/c20-16-9-5-4-8-14(16)18-22-19-15(17(21)25)10-13(11-24(19)23-18)12-6-2-1-3-7-12/h1-11H,(H2,21,25). The number of thiocarbonyl (C=S) groups is 1. The number of rotatable bonds is 3. The molecule has 2 N–H and O–H groups in total. The van der Waals surface area contributed by atoms with Gasteiger partial charge in [0.2, 0.25) is 0 Å². The number of pyridine rings is 1. The predicted octanol–water partition coefficient (Wildman–Crippen LogP) is 3.84. The molecule has 25 heavy (non-hydrogen) atoms. The normalized spacial score (nSPS) is 10.9. The summed E-state index contributed by atoms with van der Waals surface area (Å²) in [6.45, 7) is 0. The van der Waals surface area contributed by atoms with Crippen LogP contribution in [-0.4, -0.2) is 19.6 Å². The molecular formula is C19H13FN4S. The van der Waals surface area contributed by atoms with E-state index in [0.29, 0.717) is 22.6 Å². The van der Waals surface area contributed by atoms with E-state index in [-0.39, 0.29) is 10.8 Å². The van der Waals surface area contributed by atoms with E-state index in [1.807, 2.05) is 42.6 Å². The lowest BCUT2D eigenvalue weighted by Crippen LogP contribution is -2.11. The Hall–Kier alpha value is -3.12. The van der Waals surface area contributed by atoms with Gasteiger partial charge in [0.15, 0.2) is 11.5 Å². The molecule has 0 saturated heterocycles. The van der Waals surface area contributed by atoms with Crippen LogP contribution in [0.5, 0.6) is 0 Å². The number of benzene rings is 2. The van der Waals surface area contributed by atoms with Crippen molar-refractivity contribution in [2.24, 2.45) is 5.73 Å². The molecule has 2 aromatic carbocycles. The molecule has 0 saturated carbocycles. The zero-order valence-electron chi connectivity index (χ0n) is 13.1. The molecule has 4 rings (SSSR count). The third kappa shape index (κ3) is 2.77. The predicted molar refractivity (Wildman–Crippen MR) is 99.7 cm³/mol. The maximum absolute atomic E-state index is 14.1. The van der Waals surface area contributed by atoms with Gasteiger partial charge in [0.1, 0.15) is 10.8 Å². The summed E-state index contributed by atoms with van der Waals surface area (Å²) in [6.07, 6.45) is 1.84. The van der Waals surface area contributed by atoms with Crippen LogP contribution >= 0.6 is 12.2 Å². The van der Waals surface area contributed by atoms with Gasteiger partial charge in [0.05, 0.1) is 11.1 Å². The van der Waals surface area contributed by atoms with Gasteiger partial charge in [0.25, 0.3) is 0 Å². The fraction of sp³-hybridized carbons (Fsp3) is 0. The summed E-state index contributed by atoms with van der Waals surface area (Å²) in [5.41, 5.74) is 9.23. The number of nitrogens with two attached hydrogens (primary N) is 1. The van der Waals surface area contributed by atoms with Crippen molar-refractivity contribution in [1.29, 1.82) is 0 Å². The van der Waals surface area contributed by atoms with Crippen molar-refractivity contribution in [1.82, 2.24) is 14.6 Å². The quantitative estimate of drug-likeness (QED) is 0.572. The lowest BCUT2D eigenvalue weighted by molar-refractivity contribution is 0.630. The first kappa shape index (κ1) is 15.4. The van der Waals surface area contributed by atoms with Crippen LogP contribution in [0, 0.1) is 5.82 Å². The summed E-state index contributed by atoms with van der Waals surface area (Å²) in [5.74, 6) is -0.0839. The topological polar surface area (TPSA) is 56.2 Å². The Kier molecular flexibility index (Phi) is 3.74.